The fourth-order valence-corrected chi connectivity index (χ4v) is 14.6. The molecule has 9 aromatic carbocycles. The molecule has 0 saturated carbocycles. The van der Waals surface area contributed by atoms with Crippen LogP contribution in [0.2, 0.25) is 0 Å². The summed E-state index contributed by atoms with van der Waals surface area (Å²) >= 11 is 1.93. The lowest BCUT2D eigenvalue weighted by atomic mass is 9.43. The van der Waals surface area contributed by atoms with Crippen molar-refractivity contribution in [2.24, 2.45) is 0 Å². The van der Waals surface area contributed by atoms with Crippen molar-refractivity contribution in [2.45, 2.75) is 111 Å². The molecule has 0 saturated heterocycles. The van der Waals surface area contributed by atoms with Gasteiger partial charge in [-0.05, 0) is 157 Å². The normalized spacial score (nSPS) is 15.6. The summed E-state index contributed by atoms with van der Waals surface area (Å²) in [6, 6.07) is 63.8. The van der Waals surface area contributed by atoms with Crippen LogP contribution in [0.1, 0.15) is 110 Å². The number of benzene rings is 9. The Hall–Kier alpha value is -7.08. The second-order valence-electron chi connectivity index (χ2n) is 25.3. The van der Waals surface area contributed by atoms with Gasteiger partial charge in [0.1, 0.15) is 0 Å². The monoisotopic (exact) mass is 977 g/mol. The maximum atomic E-state index is 2.80. The SMILES string of the molecule is Cc1cc2c(cc1N1B3c4c(cc5sc6ccccc6c5c4-n4c5ccc6ccccc6c5c5cccc3c54)-c3ccc(N(c4ccc(C(C)(C)C)cc4)c4ccc(C(C)(C)C)cc4)cc31)C(C)(C)CCC2(C)C. The van der Waals surface area contributed by atoms with E-state index in [2.05, 4.69) is 254 Å². The van der Waals surface area contributed by atoms with E-state index >= 15 is 0 Å². The first-order chi connectivity index (χ1) is 35.4. The summed E-state index contributed by atoms with van der Waals surface area (Å²) in [5, 5.41) is 7.89. The molecule has 0 spiro atoms. The fourth-order valence-electron chi connectivity index (χ4n) is 13.5. The molecule has 2 aliphatic heterocycles. The Balaban J connectivity index is 1.12. The molecular weight excluding hydrogens is 914 g/mol. The Labute approximate surface area is 441 Å². The summed E-state index contributed by atoms with van der Waals surface area (Å²) in [6.45, 7) is 26.0. The van der Waals surface area contributed by atoms with Crippen LogP contribution in [-0.2, 0) is 21.7 Å². The number of fused-ring (bicyclic) bond motifs is 14. The van der Waals surface area contributed by atoms with Gasteiger partial charge in [0, 0.05) is 64.9 Å². The van der Waals surface area contributed by atoms with Gasteiger partial charge in [0.2, 0.25) is 0 Å². The zero-order chi connectivity index (χ0) is 51.0. The molecule has 4 heterocycles. The van der Waals surface area contributed by atoms with Crippen LogP contribution in [-0.4, -0.2) is 11.4 Å². The maximum absolute atomic E-state index is 2.80. The van der Waals surface area contributed by atoms with Crippen LogP contribution in [0.3, 0.4) is 0 Å². The minimum absolute atomic E-state index is 0.0217. The summed E-state index contributed by atoms with van der Waals surface area (Å²) in [7, 11) is 0. The number of anilines is 5. The summed E-state index contributed by atoms with van der Waals surface area (Å²) in [5.41, 5.74) is 22.3. The van der Waals surface area contributed by atoms with Crippen molar-refractivity contribution >= 4 is 110 Å². The highest BCUT2D eigenvalue weighted by atomic mass is 32.1. The third-order valence-electron chi connectivity index (χ3n) is 17.6. The molecule has 5 heteroatoms. The molecular formula is C69H64BN3S. The number of thiophene rings is 1. The molecule has 74 heavy (non-hydrogen) atoms. The van der Waals surface area contributed by atoms with Crippen molar-refractivity contribution in [3.63, 3.8) is 0 Å². The van der Waals surface area contributed by atoms with Gasteiger partial charge in [-0.25, -0.2) is 0 Å². The maximum Gasteiger partial charge on any atom is 0.333 e. The number of aryl methyl sites for hydroxylation is 1. The molecule has 0 unspecified atom stereocenters. The summed E-state index contributed by atoms with van der Waals surface area (Å²) in [5.74, 6) is 0. The van der Waals surface area contributed by atoms with E-state index in [1.165, 1.54) is 126 Å². The summed E-state index contributed by atoms with van der Waals surface area (Å²) < 4.78 is 5.34. The van der Waals surface area contributed by atoms with Crippen LogP contribution in [0, 0.1) is 6.92 Å². The van der Waals surface area contributed by atoms with Crippen LogP contribution in [0.15, 0.2) is 164 Å². The fraction of sp³-hybridized carbons (Fsp3) is 0.246. The van der Waals surface area contributed by atoms with Gasteiger partial charge in [-0.15, -0.1) is 11.3 Å². The second-order valence-corrected chi connectivity index (χ2v) is 26.4. The van der Waals surface area contributed by atoms with Gasteiger partial charge in [-0.2, -0.15) is 0 Å². The van der Waals surface area contributed by atoms with E-state index in [4.69, 9.17) is 0 Å². The number of hydrogen-bond acceptors (Lipinski definition) is 3. The third kappa shape index (κ3) is 6.51. The van der Waals surface area contributed by atoms with Crippen molar-refractivity contribution in [3.05, 3.63) is 192 Å². The number of nitrogens with zero attached hydrogens (tertiary/aromatic N) is 3. The third-order valence-corrected chi connectivity index (χ3v) is 18.8. The van der Waals surface area contributed by atoms with Gasteiger partial charge in [0.15, 0.2) is 0 Å². The van der Waals surface area contributed by atoms with Gasteiger partial charge >= 0.3 is 6.85 Å². The summed E-state index contributed by atoms with van der Waals surface area (Å²) in [4.78, 5) is 5.29. The van der Waals surface area contributed by atoms with Gasteiger partial charge in [0.25, 0.3) is 0 Å². The molecule has 14 rings (SSSR count). The smallest absolute Gasteiger partial charge is 0.333 e. The zero-order valence-corrected chi connectivity index (χ0v) is 45.6. The van der Waals surface area contributed by atoms with Gasteiger partial charge in [-0.3, -0.25) is 0 Å². The molecule has 364 valence electrons. The Kier molecular flexibility index (Phi) is 9.53. The van der Waals surface area contributed by atoms with Crippen molar-refractivity contribution in [1.82, 2.24) is 4.57 Å². The molecule has 0 radical (unpaired) electrons. The molecule has 11 aromatic rings. The van der Waals surface area contributed by atoms with E-state index in [0.717, 1.165) is 23.5 Å². The lowest BCUT2D eigenvalue weighted by Crippen LogP contribution is -2.60. The Morgan fingerprint density at radius 3 is 1.81 bits per heavy atom. The van der Waals surface area contributed by atoms with Crippen molar-refractivity contribution < 1.29 is 0 Å². The predicted octanol–water partition coefficient (Wildman–Crippen LogP) is 18.3. The standard InChI is InChI=1S/C69H64BN3S/c1-41-37-53-54(69(10,11)36-35-68(53,8)9)40-57(41)73-58-38-47(71(45-28-24-43(25-29-45)66(2,3)4)46-30-26-44(27-31-46)67(5,6)7)32-33-49(58)52-39-60-62(50-19-14-15-22-59(50)74-60)65-63(52)70(73)55-21-16-20-51-61-48-18-13-12-17-42(48)23-34-56(61)72(65)64(51)55/h12-34,37-40H,35-36H2,1-11H3. The highest BCUT2D eigenvalue weighted by Crippen LogP contribution is 2.54. The van der Waals surface area contributed by atoms with E-state index in [0.29, 0.717) is 0 Å². The first-order valence-electron chi connectivity index (χ1n) is 26.9. The van der Waals surface area contributed by atoms with E-state index in [9.17, 15) is 0 Å². The number of para-hydroxylation sites is 1. The minimum Gasteiger partial charge on any atom is -0.376 e. The van der Waals surface area contributed by atoms with Crippen LogP contribution in [0.25, 0.3) is 69.6 Å². The van der Waals surface area contributed by atoms with Crippen molar-refractivity contribution in [2.75, 3.05) is 9.71 Å². The lowest BCUT2D eigenvalue weighted by molar-refractivity contribution is 0.332. The topological polar surface area (TPSA) is 11.4 Å². The van der Waals surface area contributed by atoms with E-state index in [1.807, 2.05) is 11.3 Å². The Bertz CT molecular complexity index is 4120. The quantitative estimate of drug-likeness (QED) is 0.163. The molecule has 2 aromatic heterocycles. The molecule has 1 aliphatic carbocycles. The van der Waals surface area contributed by atoms with Gasteiger partial charge < -0.3 is 14.3 Å². The highest BCUT2D eigenvalue weighted by molar-refractivity contribution is 7.26. The summed E-state index contributed by atoms with van der Waals surface area (Å²) in [6.07, 6.45) is 2.33. The first-order valence-corrected chi connectivity index (χ1v) is 27.7. The lowest BCUT2D eigenvalue weighted by Gasteiger charge is -2.46. The van der Waals surface area contributed by atoms with Crippen LogP contribution in [0.4, 0.5) is 28.4 Å². The van der Waals surface area contributed by atoms with E-state index in [1.54, 1.807) is 0 Å². The average molecular weight is 978 g/mol. The second kappa shape index (κ2) is 15.5. The average Bonchev–Trinajstić information content (AvgIpc) is 3.95. The molecule has 0 N–H and O–H groups in total. The molecule has 0 amide bonds. The molecule has 0 bridgehead atoms. The minimum atomic E-state index is -0.125. The Morgan fingerprint density at radius 1 is 0.527 bits per heavy atom. The van der Waals surface area contributed by atoms with E-state index in [-0.39, 0.29) is 28.5 Å². The van der Waals surface area contributed by atoms with E-state index < -0.39 is 0 Å². The first kappa shape index (κ1) is 45.5. The largest absolute Gasteiger partial charge is 0.376 e. The van der Waals surface area contributed by atoms with Crippen molar-refractivity contribution in [1.29, 1.82) is 0 Å². The zero-order valence-electron chi connectivity index (χ0n) is 44.8. The van der Waals surface area contributed by atoms with Crippen LogP contribution >= 0.6 is 11.3 Å². The molecule has 3 nitrogen and oxygen atoms in total. The molecule has 0 atom stereocenters. The van der Waals surface area contributed by atoms with Gasteiger partial charge in [0.05, 0.1) is 16.7 Å². The number of hydrogen-bond donors (Lipinski definition) is 0. The number of aromatic nitrogens is 1. The number of rotatable bonds is 4. The van der Waals surface area contributed by atoms with Gasteiger partial charge in [-0.1, -0.05) is 172 Å². The molecule has 0 fully saturated rings. The molecule has 3 aliphatic rings. The van der Waals surface area contributed by atoms with Crippen molar-refractivity contribution in [3.8, 4) is 16.8 Å². The Morgan fingerprint density at radius 2 is 1.14 bits per heavy atom. The predicted molar refractivity (Wildman–Crippen MR) is 322 cm³/mol. The highest BCUT2D eigenvalue weighted by Gasteiger charge is 2.47. The van der Waals surface area contributed by atoms with Crippen LogP contribution < -0.4 is 20.6 Å². The van der Waals surface area contributed by atoms with Crippen LogP contribution in [0.5, 0.6) is 0 Å².